The van der Waals surface area contributed by atoms with Crippen LogP contribution in [-0.2, 0) is 4.74 Å². The summed E-state index contributed by atoms with van der Waals surface area (Å²) in [5, 5.41) is 6.47. The van der Waals surface area contributed by atoms with Gasteiger partial charge in [-0.05, 0) is 27.2 Å². The van der Waals surface area contributed by atoms with Crippen molar-refractivity contribution >= 4 is 11.8 Å². The molecule has 0 amide bonds. The Labute approximate surface area is 109 Å². The van der Waals surface area contributed by atoms with E-state index in [0.29, 0.717) is 5.95 Å². The van der Waals surface area contributed by atoms with E-state index in [4.69, 9.17) is 4.74 Å². The van der Waals surface area contributed by atoms with Crippen LogP contribution in [-0.4, -0.2) is 35.8 Å². The highest BCUT2D eigenvalue weighted by atomic mass is 16.5. The molecule has 0 fully saturated rings. The van der Waals surface area contributed by atoms with Gasteiger partial charge in [-0.3, -0.25) is 0 Å². The molecule has 18 heavy (non-hydrogen) atoms. The number of nitrogens with one attached hydrogen (secondary N) is 2. The Bertz CT molecular complexity index is 357. The predicted octanol–water partition coefficient (Wildman–Crippen LogP) is 2.44. The first-order valence-corrected chi connectivity index (χ1v) is 6.60. The van der Waals surface area contributed by atoms with Crippen LogP contribution in [0.3, 0.4) is 0 Å². The van der Waals surface area contributed by atoms with E-state index in [-0.39, 0.29) is 6.10 Å². The summed E-state index contributed by atoms with van der Waals surface area (Å²) in [6, 6.07) is 1.94. The second kappa shape index (κ2) is 7.87. The maximum atomic E-state index is 5.47. The lowest BCUT2D eigenvalue weighted by atomic mass is 10.3. The van der Waals surface area contributed by atoms with Crippen LogP contribution in [0.4, 0.5) is 11.8 Å². The van der Waals surface area contributed by atoms with E-state index in [2.05, 4.69) is 27.5 Å². The number of anilines is 2. The van der Waals surface area contributed by atoms with Crippen LogP contribution < -0.4 is 10.6 Å². The molecule has 1 aromatic rings. The molecule has 1 aromatic heterocycles. The van der Waals surface area contributed by atoms with Crippen LogP contribution in [0, 0.1) is 6.92 Å². The molecule has 0 saturated heterocycles. The van der Waals surface area contributed by atoms with Crippen molar-refractivity contribution in [1.29, 1.82) is 0 Å². The van der Waals surface area contributed by atoms with Gasteiger partial charge >= 0.3 is 0 Å². The average molecular weight is 252 g/mol. The third kappa shape index (κ3) is 5.31. The van der Waals surface area contributed by atoms with Gasteiger partial charge in [0.25, 0.3) is 0 Å². The fraction of sp³-hybridized carbons (Fsp3) is 0.692. The molecule has 0 aliphatic heterocycles. The summed E-state index contributed by atoms with van der Waals surface area (Å²) < 4.78 is 5.47. The molecule has 5 heteroatoms. The zero-order chi connectivity index (χ0) is 13.4. The number of aryl methyl sites for hydroxylation is 1. The Balaban J connectivity index is 2.56. The summed E-state index contributed by atoms with van der Waals surface area (Å²) in [4.78, 5) is 8.76. The highest BCUT2D eigenvalue weighted by Crippen LogP contribution is 2.09. The lowest BCUT2D eigenvalue weighted by Gasteiger charge is -2.14. The highest BCUT2D eigenvalue weighted by molar-refractivity contribution is 5.42. The van der Waals surface area contributed by atoms with Gasteiger partial charge in [-0.1, -0.05) is 6.92 Å². The van der Waals surface area contributed by atoms with Gasteiger partial charge in [0.05, 0.1) is 6.10 Å². The lowest BCUT2D eigenvalue weighted by Crippen LogP contribution is -2.20. The first-order chi connectivity index (χ1) is 8.65. The van der Waals surface area contributed by atoms with E-state index in [0.717, 1.165) is 37.6 Å². The van der Waals surface area contributed by atoms with Crippen LogP contribution in [0.25, 0.3) is 0 Å². The molecule has 5 nitrogen and oxygen atoms in total. The lowest BCUT2D eigenvalue weighted by molar-refractivity contribution is 0.0855. The molecule has 2 N–H and O–H groups in total. The van der Waals surface area contributed by atoms with Crippen molar-refractivity contribution in [3.63, 3.8) is 0 Å². The summed E-state index contributed by atoms with van der Waals surface area (Å²) in [5.74, 6) is 1.52. The largest absolute Gasteiger partial charge is 0.377 e. The summed E-state index contributed by atoms with van der Waals surface area (Å²) in [7, 11) is 0. The number of hydrogen-bond acceptors (Lipinski definition) is 5. The van der Waals surface area contributed by atoms with Gasteiger partial charge < -0.3 is 15.4 Å². The van der Waals surface area contributed by atoms with Crippen molar-refractivity contribution in [2.24, 2.45) is 0 Å². The minimum absolute atomic E-state index is 0.178. The number of aromatic nitrogens is 2. The number of ether oxygens (including phenoxy) is 1. The van der Waals surface area contributed by atoms with Gasteiger partial charge in [0.2, 0.25) is 5.95 Å². The number of hydrogen-bond donors (Lipinski definition) is 2. The van der Waals surface area contributed by atoms with Gasteiger partial charge in [-0.2, -0.15) is 4.98 Å². The van der Waals surface area contributed by atoms with E-state index < -0.39 is 0 Å². The fourth-order valence-corrected chi connectivity index (χ4v) is 1.57. The monoisotopic (exact) mass is 252 g/mol. The molecule has 0 spiro atoms. The van der Waals surface area contributed by atoms with E-state index in [9.17, 15) is 0 Å². The highest BCUT2D eigenvalue weighted by Gasteiger charge is 2.04. The Morgan fingerprint density at radius 3 is 2.72 bits per heavy atom. The molecule has 0 bridgehead atoms. The fourth-order valence-electron chi connectivity index (χ4n) is 1.57. The first kappa shape index (κ1) is 14.7. The predicted molar refractivity (Wildman–Crippen MR) is 75.1 cm³/mol. The van der Waals surface area contributed by atoms with Gasteiger partial charge in [-0.15, -0.1) is 0 Å². The van der Waals surface area contributed by atoms with Crippen LogP contribution in [0.2, 0.25) is 0 Å². The minimum atomic E-state index is 0.178. The normalized spacial score (nSPS) is 12.2. The molecule has 1 rings (SSSR count). The van der Waals surface area contributed by atoms with Crippen molar-refractivity contribution < 1.29 is 4.74 Å². The summed E-state index contributed by atoms with van der Waals surface area (Å²) in [6.07, 6.45) is 1.24. The summed E-state index contributed by atoms with van der Waals surface area (Å²) >= 11 is 0. The maximum absolute atomic E-state index is 5.47. The Morgan fingerprint density at radius 1 is 1.28 bits per heavy atom. The van der Waals surface area contributed by atoms with Gasteiger partial charge in [0, 0.05) is 31.5 Å². The quantitative estimate of drug-likeness (QED) is 0.744. The molecule has 1 heterocycles. The smallest absolute Gasteiger partial charge is 0.224 e. The third-order valence-corrected chi connectivity index (χ3v) is 2.41. The van der Waals surface area contributed by atoms with Crippen LogP contribution in [0.1, 0.15) is 32.9 Å². The Kier molecular flexibility index (Phi) is 6.43. The molecular weight excluding hydrogens is 228 g/mol. The van der Waals surface area contributed by atoms with E-state index in [1.807, 2.05) is 26.8 Å². The molecular formula is C13H24N4O. The van der Waals surface area contributed by atoms with Crippen molar-refractivity contribution in [3.8, 4) is 0 Å². The van der Waals surface area contributed by atoms with E-state index in [1.165, 1.54) is 0 Å². The molecule has 1 unspecified atom stereocenters. The van der Waals surface area contributed by atoms with Gasteiger partial charge in [-0.25, -0.2) is 4.98 Å². The molecule has 0 aromatic carbocycles. The zero-order valence-corrected chi connectivity index (χ0v) is 11.8. The topological polar surface area (TPSA) is 59.1 Å². The first-order valence-electron chi connectivity index (χ1n) is 6.60. The third-order valence-electron chi connectivity index (χ3n) is 2.41. The maximum Gasteiger partial charge on any atom is 0.224 e. The van der Waals surface area contributed by atoms with Crippen molar-refractivity contribution in [2.75, 3.05) is 30.3 Å². The SMILES string of the molecule is CCCNc1nc(C)cc(NCC(C)OCC)n1. The standard InChI is InChI=1S/C13H24N4O/c1-5-7-14-13-16-10(3)8-12(17-13)15-9-11(4)18-6-2/h8,11H,5-7,9H2,1-4H3,(H2,14,15,16,17). The molecule has 102 valence electrons. The molecule has 1 atom stereocenters. The van der Waals surface area contributed by atoms with Crippen molar-refractivity contribution in [3.05, 3.63) is 11.8 Å². The number of nitrogens with zero attached hydrogens (tertiary/aromatic N) is 2. The van der Waals surface area contributed by atoms with Gasteiger partial charge in [0.15, 0.2) is 0 Å². The number of rotatable bonds is 8. The molecule has 0 aliphatic carbocycles. The summed E-state index contributed by atoms with van der Waals surface area (Å²) in [6.45, 7) is 10.5. The molecule has 0 radical (unpaired) electrons. The minimum Gasteiger partial charge on any atom is -0.377 e. The van der Waals surface area contributed by atoms with Crippen molar-refractivity contribution in [2.45, 2.75) is 40.2 Å². The zero-order valence-electron chi connectivity index (χ0n) is 11.8. The van der Waals surface area contributed by atoms with Crippen LogP contribution >= 0.6 is 0 Å². The second-order valence-electron chi connectivity index (χ2n) is 4.29. The van der Waals surface area contributed by atoms with Crippen LogP contribution in [0.5, 0.6) is 0 Å². The molecule has 0 aliphatic rings. The average Bonchev–Trinajstić information content (AvgIpc) is 2.34. The van der Waals surface area contributed by atoms with Crippen molar-refractivity contribution in [1.82, 2.24) is 9.97 Å². The second-order valence-corrected chi connectivity index (χ2v) is 4.29. The van der Waals surface area contributed by atoms with E-state index >= 15 is 0 Å². The van der Waals surface area contributed by atoms with E-state index in [1.54, 1.807) is 0 Å². The Hall–Kier alpha value is -1.36. The summed E-state index contributed by atoms with van der Waals surface area (Å²) in [5.41, 5.74) is 0.954. The van der Waals surface area contributed by atoms with Gasteiger partial charge in [0.1, 0.15) is 5.82 Å². The Morgan fingerprint density at radius 2 is 2.06 bits per heavy atom. The van der Waals surface area contributed by atoms with Crippen LogP contribution in [0.15, 0.2) is 6.07 Å². The molecule has 0 saturated carbocycles.